The van der Waals surface area contributed by atoms with Crippen LogP contribution in [0.4, 0.5) is 5.69 Å². The summed E-state index contributed by atoms with van der Waals surface area (Å²) in [5.74, 6) is 0.767. The van der Waals surface area contributed by atoms with E-state index in [9.17, 15) is 14.9 Å². The molecule has 4 aromatic rings. The van der Waals surface area contributed by atoms with Gasteiger partial charge in [0.15, 0.2) is 11.6 Å². The van der Waals surface area contributed by atoms with E-state index in [0.717, 1.165) is 0 Å². The lowest BCUT2D eigenvalue weighted by Gasteiger charge is -2.12. The Bertz CT molecular complexity index is 1130. The van der Waals surface area contributed by atoms with E-state index in [0.29, 0.717) is 28.2 Å². The summed E-state index contributed by atoms with van der Waals surface area (Å²) in [6.07, 6.45) is 1.50. The third-order valence-electron chi connectivity index (χ3n) is 3.84. The number of para-hydroxylation sites is 1. The second-order valence-electron chi connectivity index (χ2n) is 5.34. The maximum atomic E-state index is 13.0. The first kappa shape index (κ1) is 14.8. The molecule has 0 unspecified atom stereocenters. The number of aromatic nitrogens is 2. The minimum absolute atomic E-state index is 0.0508. The van der Waals surface area contributed by atoms with Crippen molar-refractivity contribution in [1.29, 1.82) is 0 Å². The van der Waals surface area contributed by atoms with Gasteiger partial charge < -0.3 is 4.42 Å². The van der Waals surface area contributed by atoms with Crippen LogP contribution in [0.5, 0.6) is 0 Å². The van der Waals surface area contributed by atoms with E-state index in [2.05, 4.69) is 4.98 Å². The summed E-state index contributed by atoms with van der Waals surface area (Å²) in [6.45, 7) is 0. The number of hydrogen-bond acceptors (Lipinski definition) is 5. The van der Waals surface area contributed by atoms with Crippen LogP contribution in [0.2, 0.25) is 0 Å². The highest BCUT2D eigenvalue weighted by Crippen LogP contribution is 2.23. The molecule has 7 nitrogen and oxygen atoms in total. The van der Waals surface area contributed by atoms with Gasteiger partial charge in [0.25, 0.3) is 11.2 Å². The fourth-order valence-corrected chi connectivity index (χ4v) is 2.67. The molecule has 0 saturated carbocycles. The lowest BCUT2D eigenvalue weighted by Crippen LogP contribution is -2.21. The lowest BCUT2D eigenvalue weighted by atomic mass is 10.2. The van der Waals surface area contributed by atoms with Crippen molar-refractivity contribution in [3.05, 3.63) is 87.4 Å². The van der Waals surface area contributed by atoms with Gasteiger partial charge in [-0.05, 0) is 36.4 Å². The highest BCUT2D eigenvalue weighted by molar-refractivity contribution is 5.80. The molecule has 0 aliphatic heterocycles. The number of nitrogens with zero attached hydrogens (tertiary/aromatic N) is 3. The molecular weight excluding hydrogens is 322 g/mol. The van der Waals surface area contributed by atoms with E-state index in [4.69, 9.17) is 4.42 Å². The van der Waals surface area contributed by atoms with Crippen molar-refractivity contribution in [2.45, 2.75) is 0 Å². The van der Waals surface area contributed by atoms with E-state index in [1.807, 2.05) is 0 Å². The van der Waals surface area contributed by atoms with Crippen LogP contribution >= 0.6 is 0 Å². The number of fused-ring (bicyclic) bond motifs is 1. The lowest BCUT2D eigenvalue weighted by molar-refractivity contribution is -0.384. The first-order valence-corrected chi connectivity index (χ1v) is 7.45. The summed E-state index contributed by atoms with van der Waals surface area (Å²) in [5.41, 5.74) is 0.702. The Morgan fingerprint density at radius 1 is 1.00 bits per heavy atom. The number of non-ortho nitro benzene ring substituents is 1. The predicted octanol–water partition coefficient (Wildman–Crippen LogP) is 3.55. The minimum atomic E-state index is -0.487. The molecule has 7 heteroatoms. The molecule has 2 aromatic carbocycles. The van der Waals surface area contributed by atoms with Crippen molar-refractivity contribution in [2.24, 2.45) is 0 Å². The topological polar surface area (TPSA) is 91.2 Å². The fraction of sp³-hybridized carbons (Fsp3) is 0. The first-order chi connectivity index (χ1) is 12.1. The van der Waals surface area contributed by atoms with E-state index >= 15 is 0 Å². The molecule has 0 bridgehead atoms. The van der Waals surface area contributed by atoms with Gasteiger partial charge in [-0.3, -0.25) is 19.5 Å². The van der Waals surface area contributed by atoms with Gasteiger partial charge in [0, 0.05) is 12.1 Å². The predicted molar refractivity (Wildman–Crippen MR) is 91.7 cm³/mol. The molecule has 25 heavy (non-hydrogen) atoms. The number of furan rings is 1. The number of rotatable bonds is 3. The second kappa shape index (κ2) is 5.72. The van der Waals surface area contributed by atoms with Crippen molar-refractivity contribution in [2.75, 3.05) is 0 Å². The maximum absolute atomic E-state index is 13.0. The Kier molecular flexibility index (Phi) is 3.39. The summed E-state index contributed by atoms with van der Waals surface area (Å²) < 4.78 is 6.81. The zero-order valence-corrected chi connectivity index (χ0v) is 12.8. The molecule has 0 fully saturated rings. The fourth-order valence-electron chi connectivity index (χ4n) is 2.67. The normalized spacial score (nSPS) is 10.9. The van der Waals surface area contributed by atoms with Gasteiger partial charge in [0.1, 0.15) is 0 Å². The maximum Gasteiger partial charge on any atom is 0.269 e. The molecule has 0 saturated heterocycles. The number of hydrogen-bond donors (Lipinski definition) is 0. The third kappa shape index (κ3) is 2.47. The molecule has 0 aliphatic carbocycles. The number of nitro benzene ring substituents is 1. The molecule has 0 spiro atoms. The average Bonchev–Trinajstić information content (AvgIpc) is 3.16. The van der Waals surface area contributed by atoms with Crippen LogP contribution in [-0.2, 0) is 0 Å². The molecule has 122 valence electrons. The molecule has 2 heterocycles. The van der Waals surface area contributed by atoms with Crippen LogP contribution in [0.25, 0.3) is 28.2 Å². The Labute approximate surface area is 140 Å². The van der Waals surface area contributed by atoms with E-state index in [1.165, 1.54) is 35.1 Å². The molecule has 0 radical (unpaired) electrons. The molecule has 0 N–H and O–H groups in total. The zero-order valence-electron chi connectivity index (χ0n) is 12.8. The third-order valence-corrected chi connectivity index (χ3v) is 3.84. The van der Waals surface area contributed by atoms with Crippen LogP contribution in [0.15, 0.2) is 76.1 Å². The standard InChI is InChI=1S/C18H11N3O4/c22-18-14-4-1-2-5-15(14)19-17(16-6-3-11-25-16)20(18)12-7-9-13(10-8-12)21(23)24/h1-11H. The van der Waals surface area contributed by atoms with Crippen LogP contribution in [0.1, 0.15) is 0 Å². The van der Waals surface area contributed by atoms with E-state index in [-0.39, 0.29) is 11.2 Å². The van der Waals surface area contributed by atoms with Crippen molar-refractivity contribution >= 4 is 16.6 Å². The number of benzene rings is 2. The molecule has 4 rings (SSSR count). The molecular formula is C18H11N3O4. The van der Waals surface area contributed by atoms with Crippen molar-refractivity contribution in [1.82, 2.24) is 9.55 Å². The van der Waals surface area contributed by atoms with Crippen LogP contribution in [0, 0.1) is 10.1 Å². The molecule has 2 aromatic heterocycles. The summed E-state index contributed by atoms with van der Waals surface area (Å²) in [6, 6.07) is 16.2. The highest BCUT2D eigenvalue weighted by Gasteiger charge is 2.16. The summed E-state index contributed by atoms with van der Waals surface area (Å²) in [7, 11) is 0. The van der Waals surface area contributed by atoms with Gasteiger partial charge in [0.2, 0.25) is 0 Å². The monoisotopic (exact) mass is 333 g/mol. The van der Waals surface area contributed by atoms with E-state index < -0.39 is 4.92 Å². The van der Waals surface area contributed by atoms with Crippen LogP contribution < -0.4 is 5.56 Å². The highest BCUT2D eigenvalue weighted by atomic mass is 16.6. The van der Waals surface area contributed by atoms with Crippen LogP contribution in [-0.4, -0.2) is 14.5 Å². The smallest absolute Gasteiger partial charge is 0.269 e. The van der Waals surface area contributed by atoms with Gasteiger partial charge in [-0.1, -0.05) is 12.1 Å². The Balaban J connectivity index is 2.04. The van der Waals surface area contributed by atoms with Gasteiger partial charge in [-0.15, -0.1) is 0 Å². The van der Waals surface area contributed by atoms with Crippen molar-refractivity contribution < 1.29 is 9.34 Å². The average molecular weight is 333 g/mol. The molecule has 0 atom stereocenters. The first-order valence-electron chi connectivity index (χ1n) is 7.45. The number of nitro groups is 1. The quantitative estimate of drug-likeness (QED) is 0.422. The van der Waals surface area contributed by atoms with Crippen LogP contribution in [0.3, 0.4) is 0 Å². The SMILES string of the molecule is O=c1c2ccccc2nc(-c2ccco2)n1-c1ccc([N+](=O)[O-])cc1. The Hall–Kier alpha value is -3.74. The molecule has 0 amide bonds. The Morgan fingerprint density at radius 2 is 1.76 bits per heavy atom. The largest absolute Gasteiger partial charge is 0.461 e. The minimum Gasteiger partial charge on any atom is -0.461 e. The summed E-state index contributed by atoms with van der Waals surface area (Å²) >= 11 is 0. The van der Waals surface area contributed by atoms with E-state index in [1.54, 1.807) is 36.4 Å². The summed E-state index contributed by atoms with van der Waals surface area (Å²) in [4.78, 5) is 27.9. The van der Waals surface area contributed by atoms with Gasteiger partial charge in [-0.25, -0.2) is 4.98 Å². The zero-order chi connectivity index (χ0) is 17.4. The van der Waals surface area contributed by atoms with Crippen molar-refractivity contribution in [3.8, 4) is 17.3 Å². The van der Waals surface area contributed by atoms with Crippen molar-refractivity contribution in [3.63, 3.8) is 0 Å². The molecule has 0 aliphatic rings. The van der Waals surface area contributed by atoms with Gasteiger partial charge in [-0.2, -0.15) is 0 Å². The second-order valence-corrected chi connectivity index (χ2v) is 5.34. The van der Waals surface area contributed by atoms with Gasteiger partial charge >= 0.3 is 0 Å². The summed E-state index contributed by atoms with van der Waals surface area (Å²) in [5, 5.41) is 11.3. The van der Waals surface area contributed by atoms with Gasteiger partial charge in [0.05, 0.1) is 27.8 Å². The Morgan fingerprint density at radius 3 is 2.44 bits per heavy atom.